The lowest BCUT2D eigenvalue weighted by Gasteiger charge is -2.20. The van der Waals surface area contributed by atoms with Crippen LogP contribution >= 0.6 is 11.3 Å². The molecule has 0 saturated carbocycles. The topological polar surface area (TPSA) is 42.4 Å². The van der Waals surface area contributed by atoms with Crippen LogP contribution in [-0.4, -0.2) is 24.5 Å². The van der Waals surface area contributed by atoms with Gasteiger partial charge < -0.3 is 4.74 Å². The van der Waals surface area contributed by atoms with E-state index in [1.807, 2.05) is 36.6 Å². The fraction of sp³-hybridized carbons (Fsp3) is 0.294. The summed E-state index contributed by atoms with van der Waals surface area (Å²) in [7, 11) is 1.63. The van der Waals surface area contributed by atoms with Crippen molar-refractivity contribution in [3.63, 3.8) is 0 Å². The molecule has 22 heavy (non-hydrogen) atoms. The van der Waals surface area contributed by atoms with Crippen molar-refractivity contribution in [2.24, 2.45) is 0 Å². The van der Waals surface area contributed by atoms with Gasteiger partial charge in [0.25, 0.3) is 0 Å². The van der Waals surface area contributed by atoms with Crippen molar-refractivity contribution < 1.29 is 9.53 Å². The second-order valence-electron chi connectivity index (χ2n) is 4.88. The minimum Gasteiger partial charge on any atom is -0.497 e. The van der Waals surface area contributed by atoms with E-state index in [-0.39, 0.29) is 18.4 Å². The van der Waals surface area contributed by atoms with Crippen molar-refractivity contribution in [3.8, 4) is 18.1 Å². The lowest BCUT2D eigenvalue weighted by molar-refractivity contribution is -0.118. The molecule has 0 N–H and O–H groups in total. The zero-order chi connectivity index (χ0) is 15.9. The largest absolute Gasteiger partial charge is 0.497 e. The Bertz CT molecular complexity index is 662. The number of amides is 1. The predicted molar refractivity (Wildman–Crippen MR) is 89.3 cm³/mol. The van der Waals surface area contributed by atoms with Gasteiger partial charge in [0, 0.05) is 18.0 Å². The molecule has 0 bridgehead atoms. The highest BCUT2D eigenvalue weighted by atomic mass is 32.1. The molecule has 0 unspecified atom stereocenters. The first kappa shape index (κ1) is 16.1. The number of thiazole rings is 1. The number of carbonyl (C=O) groups excluding carboxylic acids is 1. The van der Waals surface area contributed by atoms with Gasteiger partial charge in [0.1, 0.15) is 5.75 Å². The molecule has 1 heterocycles. The lowest BCUT2D eigenvalue weighted by atomic mass is 9.97. The van der Waals surface area contributed by atoms with Crippen molar-refractivity contribution in [2.75, 3.05) is 18.6 Å². The van der Waals surface area contributed by atoms with E-state index in [9.17, 15) is 4.79 Å². The van der Waals surface area contributed by atoms with Gasteiger partial charge in [-0.05, 0) is 23.6 Å². The number of rotatable bonds is 6. The first-order valence-electron chi connectivity index (χ1n) is 6.93. The fourth-order valence-electron chi connectivity index (χ4n) is 2.14. The zero-order valence-electron chi connectivity index (χ0n) is 12.7. The number of anilines is 1. The standard InChI is InChI=1S/C17H18N2O2S/c1-4-9-19(17-18-8-10-22-17)16(20)11-13(2)14-6-5-7-15(12-14)21-3/h1,5-8,10,12-13H,9,11H2,2-3H3/t13-/m0/s1. The number of terminal acetylenes is 1. The highest BCUT2D eigenvalue weighted by Crippen LogP contribution is 2.25. The maximum absolute atomic E-state index is 12.5. The van der Waals surface area contributed by atoms with Gasteiger partial charge in [0.15, 0.2) is 5.13 Å². The molecule has 0 fully saturated rings. The summed E-state index contributed by atoms with van der Waals surface area (Å²) in [6.45, 7) is 2.25. The van der Waals surface area contributed by atoms with Crippen LogP contribution in [0, 0.1) is 12.3 Å². The van der Waals surface area contributed by atoms with Crippen LogP contribution in [0.3, 0.4) is 0 Å². The molecular formula is C17H18N2O2S. The molecule has 1 atom stereocenters. The monoisotopic (exact) mass is 314 g/mol. The minimum absolute atomic E-state index is 0.0248. The van der Waals surface area contributed by atoms with E-state index < -0.39 is 0 Å². The Balaban J connectivity index is 2.10. The van der Waals surface area contributed by atoms with Gasteiger partial charge in [-0.2, -0.15) is 0 Å². The van der Waals surface area contributed by atoms with E-state index in [0.29, 0.717) is 11.6 Å². The summed E-state index contributed by atoms with van der Waals surface area (Å²) in [5.41, 5.74) is 1.06. The van der Waals surface area contributed by atoms with Crippen molar-refractivity contribution >= 4 is 22.4 Å². The molecule has 0 aliphatic rings. The number of methoxy groups -OCH3 is 1. The molecule has 5 heteroatoms. The highest BCUT2D eigenvalue weighted by Gasteiger charge is 2.20. The molecule has 1 aromatic carbocycles. The van der Waals surface area contributed by atoms with Gasteiger partial charge >= 0.3 is 0 Å². The maximum atomic E-state index is 12.5. The quantitative estimate of drug-likeness (QED) is 0.768. The molecule has 1 amide bonds. The van der Waals surface area contributed by atoms with E-state index in [1.54, 1.807) is 18.2 Å². The Morgan fingerprint density at radius 1 is 1.55 bits per heavy atom. The second-order valence-corrected chi connectivity index (χ2v) is 5.75. The Kier molecular flexibility index (Phi) is 5.56. The van der Waals surface area contributed by atoms with Crippen molar-refractivity contribution in [2.45, 2.75) is 19.3 Å². The lowest BCUT2D eigenvalue weighted by Crippen LogP contribution is -2.32. The van der Waals surface area contributed by atoms with Crippen molar-refractivity contribution in [1.29, 1.82) is 0 Å². The number of hydrogen-bond donors (Lipinski definition) is 0. The van der Waals surface area contributed by atoms with E-state index in [1.165, 1.54) is 11.3 Å². The van der Waals surface area contributed by atoms with Crippen LogP contribution in [0.1, 0.15) is 24.8 Å². The van der Waals surface area contributed by atoms with Crippen molar-refractivity contribution in [3.05, 3.63) is 41.4 Å². The van der Waals surface area contributed by atoms with Crippen LogP contribution in [0.25, 0.3) is 0 Å². The maximum Gasteiger partial charge on any atom is 0.230 e. The summed E-state index contributed by atoms with van der Waals surface area (Å²) in [5, 5.41) is 2.47. The smallest absolute Gasteiger partial charge is 0.230 e. The van der Waals surface area contributed by atoms with Crippen LogP contribution in [0.15, 0.2) is 35.8 Å². The van der Waals surface area contributed by atoms with Crippen molar-refractivity contribution in [1.82, 2.24) is 4.98 Å². The van der Waals surface area contributed by atoms with Gasteiger partial charge in [0.05, 0.1) is 13.7 Å². The average Bonchev–Trinajstić information content (AvgIpc) is 3.06. The number of nitrogens with zero attached hydrogens (tertiary/aromatic N) is 2. The van der Waals surface area contributed by atoms with Gasteiger partial charge in [-0.15, -0.1) is 17.8 Å². The normalized spacial score (nSPS) is 11.5. The van der Waals surface area contributed by atoms with E-state index in [4.69, 9.17) is 11.2 Å². The molecule has 4 nitrogen and oxygen atoms in total. The Morgan fingerprint density at radius 2 is 2.36 bits per heavy atom. The Labute approximate surface area is 134 Å². The minimum atomic E-state index is -0.0248. The van der Waals surface area contributed by atoms with Crippen LogP contribution in [0.4, 0.5) is 5.13 Å². The first-order valence-corrected chi connectivity index (χ1v) is 7.81. The summed E-state index contributed by atoms with van der Waals surface area (Å²) < 4.78 is 5.22. The van der Waals surface area contributed by atoms with Crippen LogP contribution in [-0.2, 0) is 4.79 Å². The number of hydrogen-bond acceptors (Lipinski definition) is 4. The van der Waals surface area contributed by atoms with E-state index >= 15 is 0 Å². The molecule has 0 saturated heterocycles. The predicted octanol–water partition coefficient (Wildman–Crippen LogP) is 3.31. The summed E-state index contributed by atoms with van der Waals surface area (Å²) in [6, 6.07) is 7.76. The third kappa shape index (κ3) is 3.86. The molecular weight excluding hydrogens is 296 g/mol. The van der Waals surface area contributed by atoms with Crippen LogP contribution in [0.5, 0.6) is 5.75 Å². The molecule has 2 aromatic rings. The van der Waals surface area contributed by atoms with E-state index in [0.717, 1.165) is 11.3 Å². The average molecular weight is 314 g/mol. The zero-order valence-corrected chi connectivity index (χ0v) is 13.5. The SMILES string of the molecule is C#CCN(C(=O)C[C@H](C)c1cccc(OC)c1)c1nccs1. The molecule has 2 rings (SSSR count). The number of aromatic nitrogens is 1. The van der Waals surface area contributed by atoms with E-state index in [2.05, 4.69) is 10.9 Å². The third-order valence-corrected chi connectivity index (χ3v) is 4.14. The molecule has 1 aromatic heterocycles. The second kappa shape index (κ2) is 7.62. The van der Waals surface area contributed by atoms with Crippen LogP contribution < -0.4 is 9.64 Å². The first-order chi connectivity index (χ1) is 10.7. The Hall–Kier alpha value is -2.32. The molecule has 0 radical (unpaired) electrons. The summed E-state index contributed by atoms with van der Waals surface area (Å²) >= 11 is 1.41. The molecule has 0 aliphatic heterocycles. The molecule has 0 spiro atoms. The highest BCUT2D eigenvalue weighted by molar-refractivity contribution is 7.13. The number of benzene rings is 1. The molecule has 114 valence electrons. The number of carbonyl (C=O) groups is 1. The van der Waals surface area contributed by atoms with Gasteiger partial charge in [-0.3, -0.25) is 9.69 Å². The van der Waals surface area contributed by atoms with Gasteiger partial charge in [-0.25, -0.2) is 4.98 Å². The molecule has 0 aliphatic carbocycles. The Morgan fingerprint density at radius 3 is 3.00 bits per heavy atom. The fourth-order valence-corrected chi connectivity index (χ4v) is 2.80. The van der Waals surface area contributed by atoms with Gasteiger partial charge in [0.2, 0.25) is 5.91 Å². The van der Waals surface area contributed by atoms with Gasteiger partial charge in [-0.1, -0.05) is 25.0 Å². The van der Waals surface area contributed by atoms with Crippen LogP contribution in [0.2, 0.25) is 0 Å². The third-order valence-electron chi connectivity index (χ3n) is 3.34. The summed E-state index contributed by atoms with van der Waals surface area (Å²) in [6.07, 6.45) is 7.41. The number of ether oxygens (including phenoxy) is 1. The summed E-state index contributed by atoms with van der Waals surface area (Å²) in [5.74, 6) is 3.36. The summed E-state index contributed by atoms with van der Waals surface area (Å²) in [4.78, 5) is 18.3.